The van der Waals surface area contributed by atoms with Crippen molar-refractivity contribution in [1.29, 1.82) is 0 Å². The van der Waals surface area contributed by atoms with E-state index in [1.807, 2.05) is 0 Å². The van der Waals surface area contributed by atoms with Crippen molar-refractivity contribution in [3.05, 3.63) is 96.1 Å². The van der Waals surface area contributed by atoms with Gasteiger partial charge < -0.3 is 14.7 Å². The number of fused-ring (bicyclic) bond motifs is 2. The third-order valence-electron chi connectivity index (χ3n) is 7.11. The Labute approximate surface area is 239 Å². The summed E-state index contributed by atoms with van der Waals surface area (Å²) in [6, 6.07) is 20.6. The number of nitrogens with zero attached hydrogens (tertiary/aromatic N) is 2. The van der Waals surface area contributed by atoms with E-state index in [2.05, 4.69) is 15.3 Å². The minimum absolute atomic E-state index is 0.207. The third-order valence-corrected chi connectivity index (χ3v) is 8.31. The van der Waals surface area contributed by atoms with E-state index in [0.717, 1.165) is 10.6 Å². The number of aromatic amines is 1. The lowest BCUT2D eigenvalue weighted by atomic mass is 9.97. The smallest absolute Gasteiger partial charge is 0.255 e. The molecule has 0 unspecified atom stereocenters. The average molecular weight is 587 g/mol. The normalized spacial score (nSPS) is 11.7. The van der Waals surface area contributed by atoms with E-state index in [0.29, 0.717) is 44.7 Å². The van der Waals surface area contributed by atoms with Crippen LogP contribution < -0.4 is 9.62 Å². The van der Waals surface area contributed by atoms with Crippen molar-refractivity contribution in [3.63, 3.8) is 0 Å². The van der Waals surface area contributed by atoms with Gasteiger partial charge in [-0.05, 0) is 54.1 Å². The number of benzene rings is 4. The van der Waals surface area contributed by atoms with Crippen molar-refractivity contribution in [2.75, 3.05) is 24.7 Å². The maximum atomic E-state index is 14.3. The zero-order valence-electron chi connectivity index (χ0n) is 22.7. The van der Waals surface area contributed by atoms with Gasteiger partial charge in [0.2, 0.25) is 10.0 Å². The first-order valence-electron chi connectivity index (χ1n) is 12.8. The number of halogens is 2. The number of aromatic nitrogens is 2. The molecule has 0 aliphatic heterocycles. The number of para-hydroxylation sites is 1. The predicted molar refractivity (Wildman–Crippen MR) is 159 cm³/mol. The molecule has 0 atom stereocenters. The Hall–Kier alpha value is -5.03. The Morgan fingerprint density at radius 3 is 2.36 bits per heavy atom. The van der Waals surface area contributed by atoms with Crippen LogP contribution in [0.4, 0.5) is 14.5 Å². The summed E-state index contributed by atoms with van der Waals surface area (Å²) in [5, 5.41) is 3.06. The van der Waals surface area contributed by atoms with Gasteiger partial charge in [0.1, 0.15) is 28.5 Å². The monoisotopic (exact) mass is 586 g/mol. The predicted octanol–water partition coefficient (Wildman–Crippen LogP) is 6.34. The van der Waals surface area contributed by atoms with E-state index < -0.39 is 27.6 Å². The van der Waals surface area contributed by atoms with Gasteiger partial charge in [0.25, 0.3) is 5.91 Å². The van der Waals surface area contributed by atoms with Gasteiger partial charge in [-0.2, -0.15) is 0 Å². The molecule has 0 radical (unpaired) electrons. The second-order valence-electron chi connectivity index (χ2n) is 9.79. The third kappa shape index (κ3) is 4.67. The number of hydrogen-bond acceptors (Lipinski definition) is 5. The fourth-order valence-electron chi connectivity index (χ4n) is 4.93. The van der Waals surface area contributed by atoms with Crippen molar-refractivity contribution in [2.45, 2.75) is 0 Å². The lowest BCUT2D eigenvalue weighted by Crippen LogP contribution is -2.25. The number of hydrogen-bond donors (Lipinski definition) is 2. The lowest BCUT2D eigenvalue weighted by molar-refractivity contribution is 0.0964. The number of imidazole rings is 1. The Bertz CT molecular complexity index is 2120. The second kappa shape index (κ2) is 10.1. The van der Waals surface area contributed by atoms with Crippen LogP contribution in [0.25, 0.3) is 55.8 Å². The molecule has 0 spiro atoms. The van der Waals surface area contributed by atoms with Crippen molar-refractivity contribution < 1.29 is 26.4 Å². The number of amides is 1. The molecule has 0 saturated carbocycles. The standard InChI is InChI=1S/C31H24F2N4O4S/c1-34-31(38)27-22-15-21(18-6-4-7-19(14-18)30-35-24-9-5-8-23(33)28(24)36-30)25(37(2)42(3,39)40)16-26(22)41-29(27)17-10-12-20(32)13-11-17/h4-16H,1-3H3,(H,34,38)(H,35,36). The van der Waals surface area contributed by atoms with E-state index in [9.17, 15) is 22.0 Å². The van der Waals surface area contributed by atoms with Gasteiger partial charge in [-0.3, -0.25) is 9.10 Å². The minimum Gasteiger partial charge on any atom is -0.455 e. The molecule has 6 rings (SSSR count). The van der Waals surface area contributed by atoms with Gasteiger partial charge in [0, 0.05) is 42.2 Å². The number of rotatable bonds is 6. The molecule has 2 aromatic heterocycles. The van der Waals surface area contributed by atoms with E-state index in [1.54, 1.807) is 48.5 Å². The maximum Gasteiger partial charge on any atom is 0.255 e. The first-order chi connectivity index (χ1) is 20.0. The highest BCUT2D eigenvalue weighted by Gasteiger charge is 2.26. The molecule has 212 valence electrons. The fourth-order valence-corrected chi connectivity index (χ4v) is 5.43. The molecule has 0 saturated heterocycles. The first kappa shape index (κ1) is 27.2. The summed E-state index contributed by atoms with van der Waals surface area (Å²) in [5.41, 5.74) is 3.77. The largest absolute Gasteiger partial charge is 0.455 e. The molecule has 11 heteroatoms. The quantitative estimate of drug-likeness (QED) is 0.237. The van der Waals surface area contributed by atoms with Crippen LogP contribution in [0.2, 0.25) is 0 Å². The number of anilines is 1. The maximum absolute atomic E-state index is 14.3. The van der Waals surface area contributed by atoms with Gasteiger partial charge in [0.05, 0.1) is 23.0 Å². The minimum atomic E-state index is -3.71. The highest BCUT2D eigenvalue weighted by Crippen LogP contribution is 2.42. The molecule has 8 nitrogen and oxygen atoms in total. The average Bonchev–Trinajstić information content (AvgIpc) is 3.58. The zero-order valence-corrected chi connectivity index (χ0v) is 23.5. The summed E-state index contributed by atoms with van der Waals surface area (Å²) < 4.78 is 60.6. The number of sulfonamides is 1. The summed E-state index contributed by atoms with van der Waals surface area (Å²) in [7, 11) is -0.796. The topological polar surface area (TPSA) is 108 Å². The molecule has 1 amide bonds. The van der Waals surface area contributed by atoms with E-state index >= 15 is 0 Å². The zero-order chi connectivity index (χ0) is 29.8. The molecule has 2 heterocycles. The van der Waals surface area contributed by atoms with Gasteiger partial charge in [-0.1, -0.05) is 24.3 Å². The van der Waals surface area contributed by atoms with Crippen LogP contribution >= 0.6 is 0 Å². The Morgan fingerprint density at radius 2 is 1.67 bits per heavy atom. The number of H-pyrrole nitrogens is 1. The van der Waals surface area contributed by atoms with Gasteiger partial charge in [-0.25, -0.2) is 22.2 Å². The molecule has 42 heavy (non-hydrogen) atoms. The van der Waals surface area contributed by atoms with Crippen molar-refractivity contribution >= 4 is 43.6 Å². The molecule has 6 aromatic rings. The summed E-state index contributed by atoms with van der Waals surface area (Å²) >= 11 is 0. The van der Waals surface area contributed by atoms with Crippen LogP contribution in [0.3, 0.4) is 0 Å². The molecular weight excluding hydrogens is 562 g/mol. The second-order valence-corrected chi connectivity index (χ2v) is 11.8. The molecule has 0 fully saturated rings. The van der Waals surface area contributed by atoms with Crippen LogP contribution in [0.1, 0.15) is 10.4 Å². The summed E-state index contributed by atoms with van der Waals surface area (Å²) in [4.78, 5) is 20.7. The molecule has 2 N–H and O–H groups in total. The number of furan rings is 1. The summed E-state index contributed by atoms with van der Waals surface area (Å²) in [5.74, 6) is -0.673. The van der Waals surface area contributed by atoms with Gasteiger partial charge >= 0.3 is 0 Å². The van der Waals surface area contributed by atoms with Crippen LogP contribution in [0, 0.1) is 11.6 Å². The Balaban J connectivity index is 1.60. The number of carbonyl (C=O) groups excluding carboxylic acids is 1. The van der Waals surface area contributed by atoms with E-state index in [4.69, 9.17) is 4.42 Å². The van der Waals surface area contributed by atoms with Crippen LogP contribution in [-0.4, -0.2) is 44.6 Å². The van der Waals surface area contributed by atoms with Gasteiger partial charge in [-0.15, -0.1) is 0 Å². The molecule has 0 aliphatic rings. The summed E-state index contributed by atoms with van der Waals surface area (Å²) in [6.45, 7) is 0. The first-order valence-corrected chi connectivity index (χ1v) is 14.7. The Morgan fingerprint density at radius 1 is 0.952 bits per heavy atom. The van der Waals surface area contributed by atoms with Crippen molar-refractivity contribution in [2.24, 2.45) is 0 Å². The Kier molecular flexibility index (Phi) is 6.53. The number of nitrogens with one attached hydrogen (secondary N) is 2. The molecular formula is C31H24F2N4O4S. The van der Waals surface area contributed by atoms with Crippen molar-refractivity contribution in [1.82, 2.24) is 15.3 Å². The highest BCUT2D eigenvalue weighted by molar-refractivity contribution is 7.92. The number of carbonyl (C=O) groups is 1. The lowest BCUT2D eigenvalue weighted by Gasteiger charge is -2.21. The van der Waals surface area contributed by atoms with E-state index in [-0.39, 0.29) is 22.4 Å². The van der Waals surface area contributed by atoms with Crippen LogP contribution in [0.15, 0.2) is 83.3 Å². The fraction of sp³-hybridized carbons (Fsp3) is 0.0968. The molecule has 4 aromatic carbocycles. The highest BCUT2D eigenvalue weighted by atomic mass is 32.2. The summed E-state index contributed by atoms with van der Waals surface area (Å²) in [6.07, 6.45) is 1.09. The molecule has 0 bridgehead atoms. The SMILES string of the molecule is CNC(=O)c1c(-c2ccc(F)cc2)oc2cc(N(C)S(C)(=O)=O)c(-c3cccc(-c4nc5c(F)cccc5[nH]4)c3)cc12. The van der Waals surface area contributed by atoms with Crippen LogP contribution in [-0.2, 0) is 10.0 Å². The molecule has 0 aliphatic carbocycles. The van der Waals surface area contributed by atoms with Crippen LogP contribution in [0.5, 0.6) is 0 Å². The van der Waals surface area contributed by atoms with E-state index in [1.165, 1.54) is 44.4 Å². The van der Waals surface area contributed by atoms with Crippen molar-refractivity contribution in [3.8, 4) is 33.8 Å². The van der Waals surface area contributed by atoms with Gasteiger partial charge in [0.15, 0.2) is 5.82 Å².